The lowest BCUT2D eigenvalue weighted by molar-refractivity contribution is 0.479. The molecule has 2 heterocycles. The summed E-state index contributed by atoms with van der Waals surface area (Å²) in [7, 11) is 1.68. The van der Waals surface area contributed by atoms with Crippen LogP contribution in [0.25, 0.3) is 39.0 Å². The van der Waals surface area contributed by atoms with Crippen molar-refractivity contribution in [1.82, 2.24) is 19.1 Å². The number of nitrogens with zero attached hydrogens (tertiary/aromatic N) is 2. The fourth-order valence-corrected chi connectivity index (χ4v) is 4.48. The number of aromatic nitrogens is 4. The summed E-state index contributed by atoms with van der Waals surface area (Å²) in [6, 6.07) is 12.9. The van der Waals surface area contributed by atoms with Crippen molar-refractivity contribution in [3.05, 3.63) is 92.0 Å². The Morgan fingerprint density at radius 2 is 1.64 bits per heavy atom. The van der Waals surface area contributed by atoms with Crippen LogP contribution in [0.5, 0.6) is 5.75 Å². The Hall–Kier alpha value is -3.97. The summed E-state index contributed by atoms with van der Waals surface area (Å²) >= 11 is 6.54. The zero-order chi connectivity index (χ0) is 23.4. The molecule has 0 saturated heterocycles. The van der Waals surface area contributed by atoms with Crippen molar-refractivity contribution in [2.75, 3.05) is 0 Å². The van der Waals surface area contributed by atoms with Gasteiger partial charge in [-0.05, 0) is 72.5 Å². The zero-order valence-electron chi connectivity index (χ0n) is 18.2. The molecule has 166 valence electrons. The third-order valence-electron chi connectivity index (χ3n) is 5.85. The highest BCUT2D eigenvalue weighted by Crippen LogP contribution is 2.41. The van der Waals surface area contributed by atoms with Crippen LogP contribution in [-0.2, 0) is 7.05 Å². The van der Waals surface area contributed by atoms with Crippen LogP contribution in [0.1, 0.15) is 11.1 Å². The monoisotopic (exact) mass is 460 g/mol. The number of halogens is 1. The molecule has 0 spiro atoms. The molecular formula is C25H21ClN4O3. The smallest absolute Gasteiger partial charge is 0.332 e. The molecule has 0 amide bonds. The first-order chi connectivity index (χ1) is 15.7. The number of rotatable bonds is 3. The van der Waals surface area contributed by atoms with Gasteiger partial charge in [0.2, 0.25) is 0 Å². The summed E-state index contributed by atoms with van der Waals surface area (Å²) < 4.78 is 2.95. The normalized spacial score (nSPS) is 11.4. The van der Waals surface area contributed by atoms with Gasteiger partial charge in [0.05, 0.1) is 21.7 Å². The predicted octanol–water partition coefficient (Wildman–Crippen LogP) is 4.66. The van der Waals surface area contributed by atoms with Gasteiger partial charge >= 0.3 is 11.4 Å². The Morgan fingerprint density at radius 3 is 2.30 bits per heavy atom. The van der Waals surface area contributed by atoms with Crippen LogP contribution in [-0.4, -0.2) is 24.2 Å². The van der Waals surface area contributed by atoms with Crippen molar-refractivity contribution in [1.29, 1.82) is 0 Å². The molecule has 0 atom stereocenters. The first-order valence-electron chi connectivity index (χ1n) is 10.3. The van der Waals surface area contributed by atoms with Crippen molar-refractivity contribution < 1.29 is 5.11 Å². The van der Waals surface area contributed by atoms with E-state index in [1.165, 1.54) is 9.13 Å². The number of fused-ring (bicyclic) bond motifs is 1. The highest BCUT2D eigenvalue weighted by molar-refractivity contribution is 6.32. The van der Waals surface area contributed by atoms with Gasteiger partial charge in [-0.1, -0.05) is 17.7 Å². The number of H-pyrrole nitrogens is 2. The Labute approximate surface area is 193 Å². The average molecular weight is 461 g/mol. The van der Waals surface area contributed by atoms with Crippen LogP contribution < -0.4 is 11.4 Å². The van der Waals surface area contributed by atoms with E-state index in [-0.39, 0.29) is 17.1 Å². The number of aromatic hydroxyl groups is 1. The first-order valence-corrected chi connectivity index (χ1v) is 10.7. The van der Waals surface area contributed by atoms with E-state index in [1.54, 1.807) is 31.6 Å². The summed E-state index contributed by atoms with van der Waals surface area (Å²) in [5, 5.41) is 11.6. The molecule has 0 aliphatic carbocycles. The van der Waals surface area contributed by atoms with Crippen LogP contribution in [0.3, 0.4) is 0 Å². The number of nitrogens with one attached hydrogen (secondary N) is 2. The summed E-state index contributed by atoms with van der Waals surface area (Å²) in [4.78, 5) is 29.6. The number of phenolic OH excluding ortho intramolecular Hbond substituents is 1. The van der Waals surface area contributed by atoms with Gasteiger partial charge in [-0.25, -0.2) is 9.59 Å². The Bertz CT molecular complexity index is 1670. The fourth-order valence-electron chi connectivity index (χ4n) is 4.21. The summed E-state index contributed by atoms with van der Waals surface area (Å²) in [6.45, 7) is 3.86. The van der Waals surface area contributed by atoms with Crippen molar-refractivity contribution in [3.63, 3.8) is 0 Å². The minimum Gasteiger partial charge on any atom is -0.507 e. The predicted molar refractivity (Wildman–Crippen MR) is 131 cm³/mol. The van der Waals surface area contributed by atoms with E-state index in [0.29, 0.717) is 27.4 Å². The number of imidazole rings is 2. The zero-order valence-corrected chi connectivity index (χ0v) is 19.0. The Morgan fingerprint density at radius 1 is 0.909 bits per heavy atom. The molecule has 7 nitrogen and oxygen atoms in total. The quantitative estimate of drug-likeness (QED) is 0.365. The van der Waals surface area contributed by atoms with Crippen LogP contribution in [0.2, 0.25) is 5.02 Å². The van der Waals surface area contributed by atoms with E-state index in [0.717, 1.165) is 27.8 Å². The van der Waals surface area contributed by atoms with Gasteiger partial charge in [-0.2, -0.15) is 0 Å². The van der Waals surface area contributed by atoms with Crippen molar-refractivity contribution in [3.8, 4) is 33.7 Å². The van der Waals surface area contributed by atoms with Gasteiger partial charge in [0.1, 0.15) is 5.75 Å². The molecule has 0 aliphatic heterocycles. The number of hydrogen-bond donors (Lipinski definition) is 3. The molecule has 5 rings (SSSR count). The van der Waals surface area contributed by atoms with E-state index < -0.39 is 0 Å². The average Bonchev–Trinajstić information content (AvgIpc) is 3.31. The summed E-state index contributed by atoms with van der Waals surface area (Å²) in [5.41, 5.74) is 6.16. The Balaban J connectivity index is 1.65. The molecule has 3 aromatic carbocycles. The SMILES string of the molecule is Cc1cc(-c2ccc(-n3ccn(C)c3=O)c(Cl)c2)c(O)c(-c2cc(C)c3[nH]c(=O)[nH]c3c2)c1. The van der Waals surface area contributed by atoms with Crippen molar-refractivity contribution in [2.45, 2.75) is 13.8 Å². The maximum absolute atomic E-state index is 12.3. The van der Waals surface area contributed by atoms with Gasteiger partial charge < -0.3 is 19.6 Å². The molecule has 2 aromatic heterocycles. The number of phenols is 1. The van der Waals surface area contributed by atoms with E-state index in [4.69, 9.17) is 11.6 Å². The minimum absolute atomic E-state index is 0.109. The van der Waals surface area contributed by atoms with Gasteiger partial charge in [0.15, 0.2) is 0 Å². The molecule has 33 heavy (non-hydrogen) atoms. The topological polar surface area (TPSA) is 95.8 Å². The van der Waals surface area contributed by atoms with Gasteiger partial charge in [0.25, 0.3) is 0 Å². The highest BCUT2D eigenvalue weighted by atomic mass is 35.5. The molecule has 0 saturated carbocycles. The number of benzene rings is 3. The fraction of sp³-hybridized carbons (Fsp3) is 0.120. The largest absolute Gasteiger partial charge is 0.507 e. The second-order valence-corrected chi connectivity index (χ2v) is 8.64. The number of aryl methyl sites for hydroxylation is 3. The molecule has 5 aromatic rings. The maximum atomic E-state index is 12.3. The molecule has 0 fully saturated rings. The minimum atomic E-state index is -0.272. The van der Waals surface area contributed by atoms with Crippen LogP contribution in [0, 0.1) is 13.8 Å². The van der Waals surface area contributed by atoms with E-state index in [1.807, 2.05) is 44.2 Å². The molecule has 0 bridgehead atoms. The molecule has 0 unspecified atom stereocenters. The lowest BCUT2D eigenvalue weighted by Crippen LogP contribution is -2.20. The van der Waals surface area contributed by atoms with Crippen molar-refractivity contribution >= 4 is 22.6 Å². The highest BCUT2D eigenvalue weighted by Gasteiger charge is 2.16. The molecule has 0 radical (unpaired) electrons. The van der Waals surface area contributed by atoms with Gasteiger partial charge in [-0.15, -0.1) is 0 Å². The van der Waals surface area contributed by atoms with Crippen LogP contribution >= 0.6 is 11.6 Å². The van der Waals surface area contributed by atoms with E-state index >= 15 is 0 Å². The number of aromatic amines is 2. The third kappa shape index (κ3) is 3.47. The van der Waals surface area contributed by atoms with Crippen LogP contribution in [0.15, 0.2) is 64.4 Å². The van der Waals surface area contributed by atoms with Gasteiger partial charge in [0, 0.05) is 30.6 Å². The van der Waals surface area contributed by atoms with E-state index in [2.05, 4.69) is 9.97 Å². The van der Waals surface area contributed by atoms with Crippen molar-refractivity contribution in [2.24, 2.45) is 7.05 Å². The first kappa shape index (κ1) is 20.9. The third-order valence-corrected chi connectivity index (χ3v) is 6.16. The standard InChI is InChI=1S/C25H21ClN4O3/c1-13-8-17(15-4-5-21(19(26)11-15)30-7-6-29(3)25(30)33)23(31)18(9-13)16-10-14(2)22-20(12-16)27-24(32)28-22/h4-12,31H,1-3H3,(H2,27,28,32). The summed E-state index contributed by atoms with van der Waals surface area (Å²) in [5.74, 6) is 0.109. The molecular weight excluding hydrogens is 440 g/mol. The summed E-state index contributed by atoms with van der Waals surface area (Å²) in [6.07, 6.45) is 3.33. The molecule has 8 heteroatoms. The number of hydrogen-bond acceptors (Lipinski definition) is 3. The Kier molecular flexibility index (Phi) is 4.79. The second-order valence-electron chi connectivity index (χ2n) is 8.23. The lowest BCUT2D eigenvalue weighted by atomic mass is 9.94. The second kappa shape index (κ2) is 7.56. The van der Waals surface area contributed by atoms with Gasteiger partial charge in [-0.3, -0.25) is 4.57 Å². The van der Waals surface area contributed by atoms with E-state index in [9.17, 15) is 14.7 Å². The maximum Gasteiger partial charge on any atom is 0.332 e. The molecule has 0 aliphatic rings. The van der Waals surface area contributed by atoms with Crippen LogP contribution in [0.4, 0.5) is 0 Å². The molecule has 3 N–H and O–H groups in total. The lowest BCUT2D eigenvalue weighted by Gasteiger charge is -2.14.